The fourth-order valence-corrected chi connectivity index (χ4v) is 3.39. The SMILES string of the molecule is CC(Nc1ccc(C(=O)N2CCNC(C)C2C)cc1[N+](=O)[O-])c1ccccn1.Cl.Cl. The quantitative estimate of drug-likeness (QED) is 0.524. The number of aromatic nitrogens is 1. The molecule has 1 fully saturated rings. The molecule has 3 atom stereocenters. The molecular formula is C20H27Cl2N5O3. The van der Waals surface area contributed by atoms with Gasteiger partial charge in [-0.3, -0.25) is 19.9 Å². The first-order valence-corrected chi connectivity index (χ1v) is 9.38. The number of carbonyl (C=O) groups is 1. The maximum Gasteiger partial charge on any atom is 0.293 e. The van der Waals surface area contributed by atoms with Crippen molar-refractivity contribution in [3.63, 3.8) is 0 Å². The van der Waals surface area contributed by atoms with E-state index < -0.39 is 4.92 Å². The molecule has 0 bridgehead atoms. The van der Waals surface area contributed by atoms with Gasteiger partial charge in [0.15, 0.2) is 0 Å². The summed E-state index contributed by atoms with van der Waals surface area (Å²) in [4.78, 5) is 30.1. The second-order valence-electron chi connectivity index (χ2n) is 7.09. The van der Waals surface area contributed by atoms with Crippen LogP contribution in [0.3, 0.4) is 0 Å². The van der Waals surface area contributed by atoms with Crippen LogP contribution in [-0.2, 0) is 0 Å². The predicted octanol–water partition coefficient (Wildman–Crippen LogP) is 3.83. The number of nitro benzene ring substituents is 1. The van der Waals surface area contributed by atoms with Gasteiger partial charge in [-0.1, -0.05) is 6.07 Å². The van der Waals surface area contributed by atoms with Gasteiger partial charge in [-0.15, -0.1) is 24.8 Å². The van der Waals surface area contributed by atoms with E-state index in [9.17, 15) is 14.9 Å². The van der Waals surface area contributed by atoms with E-state index in [0.717, 1.165) is 5.69 Å². The first-order valence-electron chi connectivity index (χ1n) is 9.38. The third-order valence-electron chi connectivity index (χ3n) is 5.24. The minimum atomic E-state index is -0.464. The van der Waals surface area contributed by atoms with Gasteiger partial charge in [0.1, 0.15) is 5.69 Å². The molecule has 0 aliphatic carbocycles. The molecule has 3 rings (SSSR count). The number of pyridine rings is 1. The Balaban J connectivity index is 0.00000225. The molecule has 3 unspecified atom stereocenters. The summed E-state index contributed by atoms with van der Waals surface area (Å²) in [5.41, 5.74) is 1.34. The van der Waals surface area contributed by atoms with Crippen LogP contribution in [0.25, 0.3) is 0 Å². The third-order valence-corrected chi connectivity index (χ3v) is 5.24. The minimum Gasteiger partial charge on any atom is -0.371 e. The molecule has 1 amide bonds. The van der Waals surface area contributed by atoms with Gasteiger partial charge in [0.25, 0.3) is 11.6 Å². The number of benzene rings is 1. The molecule has 2 aromatic rings. The molecule has 164 valence electrons. The average Bonchev–Trinajstić information content (AvgIpc) is 2.70. The highest BCUT2D eigenvalue weighted by Gasteiger charge is 2.30. The van der Waals surface area contributed by atoms with Crippen LogP contribution >= 0.6 is 24.8 Å². The lowest BCUT2D eigenvalue weighted by Gasteiger charge is -2.38. The van der Waals surface area contributed by atoms with E-state index in [2.05, 4.69) is 15.6 Å². The molecule has 1 aromatic heterocycles. The summed E-state index contributed by atoms with van der Waals surface area (Å²) in [7, 11) is 0. The van der Waals surface area contributed by atoms with E-state index >= 15 is 0 Å². The Hall–Kier alpha value is -2.42. The Morgan fingerprint density at radius 1 is 1.30 bits per heavy atom. The first-order chi connectivity index (χ1) is 13.4. The molecule has 0 spiro atoms. The number of rotatable bonds is 5. The van der Waals surface area contributed by atoms with E-state index in [1.165, 1.54) is 6.07 Å². The zero-order valence-electron chi connectivity index (χ0n) is 17.1. The van der Waals surface area contributed by atoms with Gasteiger partial charge in [-0.25, -0.2) is 0 Å². The fourth-order valence-electron chi connectivity index (χ4n) is 3.39. The standard InChI is InChI=1S/C20H25N5O3.2ClH/c1-13-15(3)24(11-10-21-13)20(26)16-7-8-18(19(12-16)25(27)28)23-14(2)17-6-4-5-9-22-17;;/h4-9,12-15,21,23H,10-11H2,1-3H3;2*1H. The molecule has 1 aliphatic heterocycles. The number of carbonyl (C=O) groups excluding carboxylic acids is 1. The van der Waals surface area contributed by atoms with Crippen LogP contribution in [0.15, 0.2) is 42.6 Å². The summed E-state index contributed by atoms with van der Waals surface area (Å²) >= 11 is 0. The number of hydrogen-bond donors (Lipinski definition) is 2. The van der Waals surface area contributed by atoms with E-state index in [1.807, 2.05) is 39.0 Å². The van der Waals surface area contributed by atoms with E-state index in [1.54, 1.807) is 23.2 Å². The molecule has 2 N–H and O–H groups in total. The van der Waals surface area contributed by atoms with Crippen molar-refractivity contribution in [3.8, 4) is 0 Å². The second-order valence-corrected chi connectivity index (χ2v) is 7.09. The molecule has 30 heavy (non-hydrogen) atoms. The number of hydrogen-bond acceptors (Lipinski definition) is 6. The molecule has 1 aromatic carbocycles. The predicted molar refractivity (Wildman–Crippen MR) is 122 cm³/mol. The number of piperazine rings is 1. The van der Waals surface area contributed by atoms with Crippen LogP contribution in [0, 0.1) is 10.1 Å². The molecular weight excluding hydrogens is 429 g/mol. The van der Waals surface area contributed by atoms with Crippen molar-refractivity contribution in [1.29, 1.82) is 0 Å². The monoisotopic (exact) mass is 455 g/mol. The normalized spacial score (nSPS) is 19.1. The molecule has 1 saturated heterocycles. The lowest BCUT2D eigenvalue weighted by Crippen LogP contribution is -2.57. The summed E-state index contributed by atoms with van der Waals surface area (Å²) in [6, 6.07) is 10.1. The summed E-state index contributed by atoms with van der Waals surface area (Å²) in [5, 5.41) is 18.1. The Bertz CT molecular complexity index is 869. The van der Waals surface area contributed by atoms with Crippen LogP contribution < -0.4 is 10.6 Å². The van der Waals surface area contributed by atoms with Crippen LogP contribution in [0.4, 0.5) is 11.4 Å². The van der Waals surface area contributed by atoms with Crippen molar-refractivity contribution in [3.05, 3.63) is 64.0 Å². The van der Waals surface area contributed by atoms with Crippen LogP contribution in [-0.4, -0.2) is 45.9 Å². The Morgan fingerprint density at radius 3 is 2.67 bits per heavy atom. The van der Waals surface area contributed by atoms with Gasteiger partial charge >= 0.3 is 0 Å². The van der Waals surface area contributed by atoms with Gasteiger partial charge in [0.2, 0.25) is 0 Å². The van der Waals surface area contributed by atoms with Gasteiger partial charge in [0.05, 0.1) is 16.7 Å². The lowest BCUT2D eigenvalue weighted by atomic mass is 10.0. The first kappa shape index (κ1) is 25.6. The number of anilines is 1. The number of nitrogens with one attached hydrogen (secondary N) is 2. The molecule has 8 nitrogen and oxygen atoms in total. The molecule has 0 saturated carbocycles. The summed E-state index contributed by atoms with van der Waals surface area (Å²) < 4.78 is 0. The van der Waals surface area contributed by atoms with Gasteiger partial charge in [0, 0.05) is 43.0 Å². The van der Waals surface area contributed by atoms with Gasteiger partial charge in [-0.05, 0) is 45.0 Å². The van der Waals surface area contributed by atoms with Crippen molar-refractivity contribution in [2.45, 2.75) is 38.9 Å². The average molecular weight is 456 g/mol. The minimum absolute atomic E-state index is 0. The van der Waals surface area contributed by atoms with Crippen molar-refractivity contribution >= 4 is 42.1 Å². The van der Waals surface area contributed by atoms with Crippen LogP contribution in [0.2, 0.25) is 0 Å². The van der Waals surface area contributed by atoms with Crippen molar-refractivity contribution in [1.82, 2.24) is 15.2 Å². The molecule has 1 aliphatic rings. The van der Waals surface area contributed by atoms with Crippen LogP contribution in [0.5, 0.6) is 0 Å². The number of nitrogens with zero attached hydrogens (tertiary/aromatic N) is 3. The zero-order valence-corrected chi connectivity index (χ0v) is 18.7. The Labute approximate surface area is 188 Å². The molecule has 10 heteroatoms. The Kier molecular flexibility index (Phi) is 9.48. The maximum atomic E-state index is 12.9. The number of halogens is 2. The zero-order chi connectivity index (χ0) is 20.3. The van der Waals surface area contributed by atoms with Crippen molar-refractivity contribution in [2.75, 3.05) is 18.4 Å². The summed E-state index contributed by atoms with van der Waals surface area (Å²) in [6.45, 7) is 7.18. The summed E-state index contributed by atoms with van der Waals surface area (Å²) in [6.07, 6.45) is 1.68. The largest absolute Gasteiger partial charge is 0.371 e. The Morgan fingerprint density at radius 2 is 2.03 bits per heavy atom. The van der Waals surface area contributed by atoms with E-state index in [4.69, 9.17) is 0 Å². The summed E-state index contributed by atoms with van der Waals surface area (Å²) in [5.74, 6) is -0.187. The maximum absolute atomic E-state index is 12.9. The number of amides is 1. The highest BCUT2D eigenvalue weighted by molar-refractivity contribution is 5.96. The second kappa shape index (κ2) is 11.1. The smallest absolute Gasteiger partial charge is 0.293 e. The van der Waals surface area contributed by atoms with Crippen molar-refractivity contribution < 1.29 is 9.72 Å². The van der Waals surface area contributed by atoms with E-state index in [0.29, 0.717) is 24.3 Å². The molecule has 0 radical (unpaired) electrons. The van der Waals surface area contributed by atoms with Gasteiger partial charge in [-0.2, -0.15) is 0 Å². The fraction of sp³-hybridized carbons (Fsp3) is 0.400. The lowest BCUT2D eigenvalue weighted by molar-refractivity contribution is -0.384. The van der Waals surface area contributed by atoms with Gasteiger partial charge < -0.3 is 15.5 Å². The highest BCUT2D eigenvalue weighted by atomic mass is 35.5. The third kappa shape index (κ3) is 5.59. The number of nitro groups is 1. The van der Waals surface area contributed by atoms with Crippen molar-refractivity contribution in [2.24, 2.45) is 0 Å². The van der Waals surface area contributed by atoms with E-state index in [-0.39, 0.29) is 54.5 Å². The highest BCUT2D eigenvalue weighted by Crippen LogP contribution is 2.29. The topological polar surface area (TPSA) is 100 Å². The molecule has 2 heterocycles. The van der Waals surface area contributed by atoms with Crippen LogP contribution in [0.1, 0.15) is 42.9 Å².